The number of nitrogens with one attached hydrogen (secondary N) is 3. The molecule has 0 bridgehead atoms. The molecule has 0 aliphatic carbocycles. The van der Waals surface area contributed by atoms with Gasteiger partial charge < -0.3 is 50.8 Å². The summed E-state index contributed by atoms with van der Waals surface area (Å²) in [7, 11) is 0. The van der Waals surface area contributed by atoms with Crippen LogP contribution < -0.4 is 21.7 Å². The highest BCUT2D eigenvalue weighted by Crippen LogP contribution is 2.15. The van der Waals surface area contributed by atoms with Crippen LogP contribution in [0.3, 0.4) is 0 Å². The summed E-state index contributed by atoms with van der Waals surface area (Å²) in [6.07, 6.45) is 25.2. The fourth-order valence-corrected chi connectivity index (χ4v) is 6.56. The maximum absolute atomic E-state index is 11.7. The Balaban J connectivity index is 0. The molecule has 0 radical (unpaired) electrons. The molecule has 0 unspecified atom stereocenters. The van der Waals surface area contributed by atoms with Crippen LogP contribution in [0.1, 0.15) is 181 Å². The molecule has 16 nitrogen and oxygen atoms in total. The zero-order valence-corrected chi connectivity index (χ0v) is 39.7. The van der Waals surface area contributed by atoms with Crippen LogP contribution in [0.4, 0.5) is 0 Å². The first-order valence-electron chi connectivity index (χ1n) is 24.3. The molecule has 16 heteroatoms. The third kappa shape index (κ3) is 46.6. The zero-order chi connectivity index (χ0) is 47.0. The predicted octanol–water partition coefficient (Wildman–Crippen LogP) is 6.88. The smallest absolute Gasteiger partial charge is 0.326 e. The molecule has 0 rings (SSSR count). The van der Waals surface area contributed by atoms with Crippen molar-refractivity contribution in [2.45, 2.75) is 187 Å². The van der Waals surface area contributed by atoms with E-state index in [1.54, 1.807) is 6.92 Å². The number of rotatable bonds is 46. The van der Waals surface area contributed by atoms with Gasteiger partial charge in [-0.15, -0.1) is 0 Å². The van der Waals surface area contributed by atoms with E-state index in [1.807, 2.05) is 6.92 Å². The third-order valence-electron chi connectivity index (χ3n) is 10.5. The Kier molecular flexibility index (Phi) is 47.4. The fraction of sp³-hybridized carbons (Fsp3) is 0.872. The molecule has 0 saturated carbocycles. The van der Waals surface area contributed by atoms with Crippen molar-refractivity contribution in [3.63, 3.8) is 0 Å². The molecule has 3 amide bonds. The van der Waals surface area contributed by atoms with Gasteiger partial charge in [-0.1, -0.05) is 124 Å². The van der Waals surface area contributed by atoms with E-state index in [0.717, 1.165) is 77.2 Å². The van der Waals surface area contributed by atoms with Crippen LogP contribution in [0.2, 0.25) is 0 Å². The van der Waals surface area contributed by atoms with Crippen LogP contribution in [0.5, 0.6) is 0 Å². The number of hydrogen-bond donors (Lipinski definition) is 6. The lowest BCUT2D eigenvalue weighted by Crippen LogP contribution is -2.40. The lowest BCUT2D eigenvalue weighted by molar-refractivity contribution is -0.142. The van der Waals surface area contributed by atoms with Gasteiger partial charge in [0.15, 0.2) is 0 Å². The van der Waals surface area contributed by atoms with E-state index in [2.05, 4.69) is 22.9 Å². The van der Waals surface area contributed by atoms with Gasteiger partial charge in [-0.2, -0.15) is 0 Å². The Morgan fingerprint density at radius 3 is 1.44 bits per heavy atom. The molecule has 0 fully saturated rings. The first-order chi connectivity index (χ1) is 30.5. The summed E-state index contributed by atoms with van der Waals surface area (Å²) in [5.41, 5.74) is 5.41. The van der Waals surface area contributed by atoms with E-state index < -0.39 is 18.0 Å². The van der Waals surface area contributed by atoms with Crippen molar-refractivity contribution < 1.29 is 57.9 Å². The van der Waals surface area contributed by atoms with Crippen molar-refractivity contribution in [3.8, 4) is 0 Å². The van der Waals surface area contributed by atoms with E-state index in [4.69, 9.17) is 34.9 Å². The largest absolute Gasteiger partial charge is 0.481 e. The van der Waals surface area contributed by atoms with Gasteiger partial charge >= 0.3 is 11.9 Å². The monoisotopic (exact) mass is 903 g/mol. The molecular weight excluding hydrogens is 813 g/mol. The summed E-state index contributed by atoms with van der Waals surface area (Å²) in [5.74, 6) is -2.05. The van der Waals surface area contributed by atoms with Crippen LogP contribution in [0, 0.1) is 5.92 Å². The van der Waals surface area contributed by atoms with E-state index in [1.165, 1.54) is 70.6 Å². The van der Waals surface area contributed by atoms with Crippen molar-refractivity contribution in [1.29, 1.82) is 0 Å². The normalized spacial score (nSPS) is 11.9. The van der Waals surface area contributed by atoms with E-state index in [0.29, 0.717) is 65.4 Å². The zero-order valence-electron chi connectivity index (χ0n) is 39.7. The van der Waals surface area contributed by atoms with Gasteiger partial charge in [-0.05, 0) is 44.9 Å². The number of amides is 3. The second kappa shape index (κ2) is 48.3. The topological polar surface area (TPSA) is 242 Å². The summed E-state index contributed by atoms with van der Waals surface area (Å²) in [6.45, 7) is 9.54. The molecule has 2 atom stereocenters. The fourth-order valence-electron chi connectivity index (χ4n) is 6.56. The first-order valence-corrected chi connectivity index (χ1v) is 24.3. The highest BCUT2D eigenvalue weighted by molar-refractivity contribution is 5.83. The number of carboxylic acid groups (broad SMARTS) is 2. The van der Waals surface area contributed by atoms with Crippen molar-refractivity contribution in [1.82, 2.24) is 16.0 Å². The third-order valence-corrected chi connectivity index (χ3v) is 10.5. The lowest BCUT2D eigenvalue weighted by atomic mass is 9.95. The highest BCUT2D eigenvalue weighted by atomic mass is 16.5. The number of nitrogens with two attached hydrogens (primary N) is 1. The number of hydrogen-bond acceptors (Lipinski definition) is 11. The first kappa shape index (κ1) is 61.9. The molecule has 0 aromatic rings. The second-order valence-electron chi connectivity index (χ2n) is 16.1. The van der Waals surface area contributed by atoms with Gasteiger partial charge in [0.05, 0.1) is 39.6 Å². The van der Waals surface area contributed by atoms with E-state index in [9.17, 15) is 28.8 Å². The molecule has 0 aliphatic rings. The SMILES string of the molecule is CCCCCCOCCOCC(=O)NCCOCCOCC(=O)NCCCC[C@H](CC)C(=O)CN.CC[C@H](NC(=O)CCCCCCCCCCCCCCCCC(=O)O)C(=O)O. The number of ether oxygens (including phenoxy) is 4. The van der Waals surface area contributed by atoms with Crippen molar-refractivity contribution in [3.05, 3.63) is 0 Å². The van der Waals surface area contributed by atoms with Crippen LogP contribution in [-0.4, -0.2) is 124 Å². The average molecular weight is 903 g/mol. The van der Waals surface area contributed by atoms with Crippen LogP contribution in [-0.2, 0) is 47.7 Å². The molecule has 0 aromatic carbocycles. The summed E-state index contributed by atoms with van der Waals surface area (Å²) in [5, 5.41) is 25.5. The minimum absolute atomic E-state index is 0.00241. The number of aliphatic carboxylic acids is 2. The molecule has 63 heavy (non-hydrogen) atoms. The van der Waals surface area contributed by atoms with Gasteiger partial charge in [0, 0.05) is 38.5 Å². The van der Waals surface area contributed by atoms with Crippen molar-refractivity contribution >= 4 is 35.4 Å². The van der Waals surface area contributed by atoms with Crippen molar-refractivity contribution in [2.75, 3.05) is 72.5 Å². The van der Waals surface area contributed by atoms with Crippen LogP contribution >= 0.6 is 0 Å². The van der Waals surface area contributed by atoms with Gasteiger partial charge in [0.1, 0.15) is 25.0 Å². The van der Waals surface area contributed by atoms with Gasteiger partial charge in [-0.25, -0.2) is 4.79 Å². The Morgan fingerprint density at radius 1 is 0.492 bits per heavy atom. The number of carbonyl (C=O) groups is 6. The minimum Gasteiger partial charge on any atom is -0.481 e. The summed E-state index contributed by atoms with van der Waals surface area (Å²) < 4.78 is 21.4. The number of carboxylic acids is 2. The molecular formula is C47H90N4O12. The average Bonchev–Trinajstić information content (AvgIpc) is 3.26. The summed E-state index contributed by atoms with van der Waals surface area (Å²) in [6, 6.07) is -0.760. The van der Waals surface area contributed by atoms with Crippen molar-refractivity contribution in [2.24, 2.45) is 11.7 Å². The number of unbranched alkanes of at least 4 members (excludes halogenated alkanes) is 17. The summed E-state index contributed by atoms with van der Waals surface area (Å²) in [4.78, 5) is 68.0. The Morgan fingerprint density at radius 2 is 0.968 bits per heavy atom. The molecule has 0 spiro atoms. The van der Waals surface area contributed by atoms with Crippen LogP contribution in [0.15, 0.2) is 0 Å². The molecule has 370 valence electrons. The minimum atomic E-state index is -0.966. The molecule has 7 N–H and O–H groups in total. The van der Waals surface area contributed by atoms with E-state index >= 15 is 0 Å². The number of carbonyl (C=O) groups excluding carboxylic acids is 4. The maximum atomic E-state index is 11.7. The summed E-state index contributed by atoms with van der Waals surface area (Å²) >= 11 is 0. The maximum Gasteiger partial charge on any atom is 0.326 e. The van der Waals surface area contributed by atoms with E-state index in [-0.39, 0.29) is 49.2 Å². The standard InChI is InChI=1S/C25H49N3O7.C22H41NO5/c1-3-5-6-9-13-32-15-17-34-21-25(31)28-12-14-33-16-18-35-20-24(30)27-11-8-7-10-22(4-2)23(29)19-26;1-2-19(22(27)28)23-20(24)17-15-13-11-9-7-5-3-4-6-8-10-12-14-16-18-21(25)26/h22H,3-21,26H2,1-2H3,(H,27,30)(H,28,31);19H,2-18H2,1H3,(H,23,24)(H,25,26)(H,27,28)/t22-;19-/m00/s1. The Labute approximate surface area is 380 Å². The van der Waals surface area contributed by atoms with Gasteiger partial charge in [-0.3, -0.25) is 24.0 Å². The quantitative estimate of drug-likeness (QED) is 0.0342. The van der Waals surface area contributed by atoms with Gasteiger partial charge in [0.2, 0.25) is 17.7 Å². The Bertz CT molecular complexity index is 1130. The molecule has 0 heterocycles. The lowest BCUT2D eigenvalue weighted by Gasteiger charge is -2.12. The van der Waals surface area contributed by atoms with Gasteiger partial charge in [0.25, 0.3) is 0 Å². The highest BCUT2D eigenvalue weighted by Gasteiger charge is 2.17. The second-order valence-corrected chi connectivity index (χ2v) is 16.1. The predicted molar refractivity (Wildman–Crippen MR) is 246 cm³/mol. The molecule has 0 aliphatic heterocycles. The Hall–Kier alpha value is -3.18. The van der Waals surface area contributed by atoms with Crippen LogP contribution in [0.25, 0.3) is 0 Å². The molecule has 0 aromatic heterocycles. The molecule has 0 saturated heterocycles. The number of ketones is 1. The number of Topliss-reactive ketones (excluding diaryl/α,β-unsaturated/α-hetero) is 1.